The molecule has 1 amide bonds. The van der Waals surface area contributed by atoms with Gasteiger partial charge in [-0.3, -0.25) is 4.79 Å². The molecule has 3 aromatic rings. The summed E-state index contributed by atoms with van der Waals surface area (Å²) in [6.07, 6.45) is 8.77. The molecule has 2 aromatic carbocycles. The minimum absolute atomic E-state index is 0.000933. The standard InChI is InChI=1S/C25H23BrClFN4O3/c26-7-1-2-24(33)32-22-11-18-21(12-23(22)35-17-9-15-4-5-16(10-17)34-15)29-13-30-25(18)31-14-3-6-20(28)19(27)8-14/h1-3,6,8,11-13,15-17H,4-5,7,9-10H2,(H,32,33)(H,29,30,31). The highest BCUT2D eigenvalue weighted by atomic mass is 79.9. The lowest BCUT2D eigenvalue weighted by Gasteiger charge is -2.29. The maximum atomic E-state index is 13.6. The number of allylic oxidation sites excluding steroid dienone is 1. The van der Waals surface area contributed by atoms with E-state index in [2.05, 4.69) is 36.5 Å². The van der Waals surface area contributed by atoms with E-state index >= 15 is 0 Å². The Morgan fingerprint density at radius 3 is 2.77 bits per heavy atom. The van der Waals surface area contributed by atoms with Crippen molar-refractivity contribution < 1.29 is 18.7 Å². The first-order valence-electron chi connectivity index (χ1n) is 11.3. The Balaban J connectivity index is 1.49. The van der Waals surface area contributed by atoms with Crippen LogP contribution >= 0.6 is 27.5 Å². The van der Waals surface area contributed by atoms with E-state index in [4.69, 9.17) is 21.1 Å². The van der Waals surface area contributed by atoms with Gasteiger partial charge in [0.05, 0.1) is 28.4 Å². The molecular weight excluding hydrogens is 539 g/mol. The van der Waals surface area contributed by atoms with E-state index in [0.29, 0.717) is 39.2 Å². The lowest BCUT2D eigenvalue weighted by atomic mass is 10.1. The molecule has 0 radical (unpaired) electrons. The van der Waals surface area contributed by atoms with Crippen LogP contribution in [-0.2, 0) is 9.53 Å². The molecule has 2 bridgehead atoms. The Labute approximate surface area is 215 Å². The number of alkyl halides is 1. The average molecular weight is 562 g/mol. The third kappa shape index (κ3) is 5.58. The van der Waals surface area contributed by atoms with Crippen LogP contribution in [0.15, 0.2) is 48.8 Å². The van der Waals surface area contributed by atoms with Gasteiger partial charge in [0, 0.05) is 41.4 Å². The second kappa shape index (κ2) is 10.5. The third-order valence-electron chi connectivity index (χ3n) is 6.08. The highest BCUT2D eigenvalue weighted by Crippen LogP contribution is 2.38. The molecule has 10 heteroatoms. The van der Waals surface area contributed by atoms with Crippen molar-refractivity contribution in [3.8, 4) is 5.75 Å². The van der Waals surface area contributed by atoms with Crippen LogP contribution in [0.5, 0.6) is 5.75 Å². The molecule has 2 aliphatic rings. The van der Waals surface area contributed by atoms with E-state index in [1.165, 1.54) is 24.5 Å². The molecule has 1 aromatic heterocycles. The van der Waals surface area contributed by atoms with Gasteiger partial charge in [0.2, 0.25) is 5.91 Å². The Morgan fingerprint density at radius 1 is 1.23 bits per heavy atom. The summed E-state index contributed by atoms with van der Waals surface area (Å²) in [6.45, 7) is 0. The van der Waals surface area contributed by atoms with Crippen molar-refractivity contribution in [1.29, 1.82) is 0 Å². The molecule has 3 heterocycles. The first-order chi connectivity index (χ1) is 17.0. The van der Waals surface area contributed by atoms with E-state index in [1.54, 1.807) is 24.3 Å². The summed E-state index contributed by atoms with van der Waals surface area (Å²) in [4.78, 5) is 21.3. The van der Waals surface area contributed by atoms with Crippen LogP contribution in [0.1, 0.15) is 25.7 Å². The van der Waals surface area contributed by atoms with Crippen molar-refractivity contribution in [3.63, 3.8) is 0 Å². The first kappa shape index (κ1) is 24.0. The Bertz CT molecular complexity index is 1280. The van der Waals surface area contributed by atoms with Crippen LogP contribution in [0.2, 0.25) is 5.02 Å². The number of anilines is 3. The molecule has 2 N–H and O–H groups in total. The number of carbonyl (C=O) groups excluding carboxylic acids is 1. The van der Waals surface area contributed by atoms with Crippen molar-refractivity contribution in [2.45, 2.75) is 44.0 Å². The molecule has 35 heavy (non-hydrogen) atoms. The average Bonchev–Trinajstić information content (AvgIpc) is 3.18. The third-order valence-corrected chi connectivity index (χ3v) is 6.74. The number of hydrogen-bond donors (Lipinski definition) is 2. The Morgan fingerprint density at radius 2 is 2.03 bits per heavy atom. The molecule has 2 fully saturated rings. The smallest absolute Gasteiger partial charge is 0.248 e. The van der Waals surface area contributed by atoms with Gasteiger partial charge in [-0.1, -0.05) is 33.6 Å². The number of amides is 1. The normalized spacial score (nSPS) is 21.4. The van der Waals surface area contributed by atoms with Crippen LogP contribution in [0.25, 0.3) is 10.9 Å². The van der Waals surface area contributed by atoms with Gasteiger partial charge in [0.25, 0.3) is 0 Å². The van der Waals surface area contributed by atoms with Crippen LogP contribution in [0.4, 0.5) is 21.6 Å². The van der Waals surface area contributed by atoms with Gasteiger partial charge in [-0.25, -0.2) is 14.4 Å². The molecule has 0 saturated carbocycles. The minimum atomic E-state index is -0.505. The van der Waals surface area contributed by atoms with Crippen molar-refractivity contribution >= 4 is 61.5 Å². The zero-order valence-electron chi connectivity index (χ0n) is 18.6. The lowest BCUT2D eigenvalue weighted by Crippen LogP contribution is -2.32. The van der Waals surface area contributed by atoms with Crippen LogP contribution in [0.3, 0.4) is 0 Å². The van der Waals surface area contributed by atoms with E-state index in [1.807, 2.05) is 0 Å². The van der Waals surface area contributed by atoms with Crippen molar-refractivity contribution in [3.05, 3.63) is 59.7 Å². The maximum absolute atomic E-state index is 13.6. The van der Waals surface area contributed by atoms with Gasteiger partial charge in [0.1, 0.15) is 29.8 Å². The SMILES string of the molecule is O=C(C=CCBr)Nc1cc2c(Nc3ccc(F)c(Cl)c3)ncnc2cc1OC1CC2CCC(C1)O2. The highest BCUT2D eigenvalue weighted by Gasteiger charge is 2.36. The fraction of sp³-hybridized carbons (Fsp3) is 0.320. The summed E-state index contributed by atoms with van der Waals surface area (Å²) in [5, 5.41) is 7.30. The summed E-state index contributed by atoms with van der Waals surface area (Å²) in [7, 11) is 0. The quantitative estimate of drug-likeness (QED) is 0.266. The molecule has 2 unspecified atom stereocenters. The molecule has 2 aliphatic heterocycles. The largest absolute Gasteiger partial charge is 0.488 e. The molecule has 2 saturated heterocycles. The molecule has 182 valence electrons. The number of benzene rings is 2. The summed E-state index contributed by atoms with van der Waals surface area (Å²) in [6, 6.07) is 7.92. The van der Waals surface area contributed by atoms with Gasteiger partial charge < -0.3 is 20.1 Å². The second-order valence-electron chi connectivity index (χ2n) is 8.56. The summed E-state index contributed by atoms with van der Waals surface area (Å²) >= 11 is 9.21. The fourth-order valence-electron chi connectivity index (χ4n) is 4.50. The number of fused-ring (bicyclic) bond motifs is 3. The number of rotatable bonds is 7. The predicted octanol–water partition coefficient (Wildman–Crippen LogP) is 6.14. The van der Waals surface area contributed by atoms with E-state index in [9.17, 15) is 9.18 Å². The van der Waals surface area contributed by atoms with Gasteiger partial charge in [-0.2, -0.15) is 0 Å². The molecule has 7 nitrogen and oxygen atoms in total. The fourth-order valence-corrected chi connectivity index (χ4v) is 4.87. The highest BCUT2D eigenvalue weighted by molar-refractivity contribution is 9.09. The first-order valence-corrected chi connectivity index (χ1v) is 12.8. The number of nitrogens with one attached hydrogen (secondary N) is 2. The Kier molecular flexibility index (Phi) is 7.17. The van der Waals surface area contributed by atoms with Crippen molar-refractivity contribution in [1.82, 2.24) is 9.97 Å². The number of hydrogen-bond acceptors (Lipinski definition) is 6. The number of aromatic nitrogens is 2. The van der Waals surface area contributed by atoms with Crippen LogP contribution in [-0.4, -0.2) is 39.5 Å². The molecule has 5 rings (SSSR count). The van der Waals surface area contributed by atoms with Gasteiger partial charge in [0.15, 0.2) is 0 Å². The summed E-state index contributed by atoms with van der Waals surface area (Å²) in [5.74, 6) is 0.241. The van der Waals surface area contributed by atoms with Gasteiger partial charge in [-0.05, 0) is 37.1 Å². The summed E-state index contributed by atoms with van der Waals surface area (Å²) < 4.78 is 25.9. The Hall–Kier alpha value is -2.75. The minimum Gasteiger partial charge on any atom is -0.488 e. The monoisotopic (exact) mass is 560 g/mol. The topological polar surface area (TPSA) is 85.4 Å². The van der Waals surface area contributed by atoms with E-state index in [-0.39, 0.29) is 29.2 Å². The zero-order chi connectivity index (χ0) is 24.4. The zero-order valence-corrected chi connectivity index (χ0v) is 21.0. The lowest BCUT2D eigenvalue weighted by molar-refractivity contribution is -0.112. The van der Waals surface area contributed by atoms with Crippen molar-refractivity contribution in [2.75, 3.05) is 16.0 Å². The molecule has 0 aliphatic carbocycles. The number of halogens is 3. The molecular formula is C25H23BrClFN4O3. The number of ether oxygens (including phenoxy) is 2. The number of carbonyl (C=O) groups is 1. The predicted molar refractivity (Wildman–Crippen MR) is 137 cm³/mol. The molecule has 0 spiro atoms. The van der Waals surface area contributed by atoms with E-state index < -0.39 is 5.82 Å². The van der Waals surface area contributed by atoms with Crippen molar-refractivity contribution in [2.24, 2.45) is 0 Å². The van der Waals surface area contributed by atoms with Gasteiger partial charge in [-0.15, -0.1) is 0 Å². The van der Waals surface area contributed by atoms with Crippen LogP contribution in [0, 0.1) is 5.82 Å². The number of nitrogens with zero attached hydrogens (tertiary/aromatic N) is 2. The van der Waals surface area contributed by atoms with Crippen LogP contribution < -0.4 is 15.4 Å². The maximum Gasteiger partial charge on any atom is 0.248 e. The van der Waals surface area contributed by atoms with Gasteiger partial charge >= 0.3 is 0 Å². The molecule has 2 atom stereocenters. The second-order valence-corrected chi connectivity index (χ2v) is 9.61. The van der Waals surface area contributed by atoms with E-state index in [0.717, 1.165) is 25.7 Å². The summed E-state index contributed by atoms with van der Waals surface area (Å²) in [5.41, 5.74) is 1.71.